The van der Waals surface area contributed by atoms with Crippen molar-refractivity contribution in [2.75, 3.05) is 25.9 Å². The van der Waals surface area contributed by atoms with E-state index in [1.807, 2.05) is 6.92 Å². The van der Waals surface area contributed by atoms with Crippen LogP contribution in [-0.4, -0.2) is 44.5 Å². The van der Waals surface area contributed by atoms with E-state index in [-0.39, 0.29) is 5.91 Å². The molecule has 1 aromatic rings. The van der Waals surface area contributed by atoms with Crippen LogP contribution in [0.1, 0.15) is 30.4 Å². The van der Waals surface area contributed by atoms with Crippen molar-refractivity contribution in [1.82, 2.24) is 9.62 Å². The lowest BCUT2D eigenvalue weighted by Gasteiger charge is -2.30. The number of piperidine rings is 1. The SMILES string of the molecule is Cc1ccc(CCC(=O)NCC2CCN(S(C)(=O)=O)CC2)cc1. The third-order valence-corrected chi connectivity index (χ3v) is 5.69. The van der Waals surface area contributed by atoms with Crippen LogP contribution in [0.25, 0.3) is 0 Å². The molecule has 0 bridgehead atoms. The van der Waals surface area contributed by atoms with Gasteiger partial charge in [0.2, 0.25) is 15.9 Å². The van der Waals surface area contributed by atoms with E-state index in [0.717, 1.165) is 19.3 Å². The first kappa shape index (κ1) is 17.9. The Balaban J connectivity index is 1.66. The minimum atomic E-state index is -3.08. The fourth-order valence-electron chi connectivity index (χ4n) is 2.80. The molecule has 1 aliphatic rings. The first-order valence-electron chi connectivity index (χ1n) is 8.12. The maximum Gasteiger partial charge on any atom is 0.220 e. The summed E-state index contributed by atoms with van der Waals surface area (Å²) in [6.07, 6.45) is 4.11. The summed E-state index contributed by atoms with van der Waals surface area (Å²) in [7, 11) is -3.08. The number of carbonyl (C=O) groups is 1. The number of hydrogen-bond acceptors (Lipinski definition) is 3. The maximum absolute atomic E-state index is 11.9. The lowest BCUT2D eigenvalue weighted by atomic mass is 9.98. The van der Waals surface area contributed by atoms with Gasteiger partial charge in [-0.1, -0.05) is 29.8 Å². The number of benzene rings is 1. The Hall–Kier alpha value is -1.40. The molecule has 1 fully saturated rings. The second-order valence-electron chi connectivity index (χ2n) is 6.40. The molecule has 23 heavy (non-hydrogen) atoms. The first-order valence-corrected chi connectivity index (χ1v) is 9.97. The second kappa shape index (κ2) is 7.93. The Bertz CT molecular complexity index is 618. The van der Waals surface area contributed by atoms with Gasteiger partial charge in [0.25, 0.3) is 0 Å². The zero-order chi connectivity index (χ0) is 16.9. The van der Waals surface area contributed by atoms with Crippen LogP contribution in [0.3, 0.4) is 0 Å². The van der Waals surface area contributed by atoms with E-state index < -0.39 is 10.0 Å². The summed E-state index contributed by atoms with van der Waals surface area (Å²) in [5.74, 6) is 0.437. The van der Waals surface area contributed by atoms with Gasteiger partial charge in [0.1, 0.15) is 0 Å². The molecule has 5 nitrogen and oxygen atoms in total. The largest absolute Gasteiger partial charge is 0.356 e. The predicted molar refractivity (Wildman–Crippen MR) is 91.7 cm³/mol. The molecular weight excluding hydrogens is 312 g/mol. The summed E-state index contributed by atoms with van der Waals surface area (Å²) in [5, 5.41) is 2.98. The summed E-state index contributed by atoms with van der Waals surface area (Å²) in [6.45, 7) is 3.81. The van der Waals surface area contributed by atoms with Crippen molar-refractivity contribution in [1.29, 1.82) is 0 Å². The molecule has 1 aliphatic heterocycles. The van der Waals surface area contributed by atoms with Gasteiger partial charge >= 0.3 is 0 Å². The zero-order valence-electron chi connectivity index (χ0n) is 13.9. The highest BCUT2D eigenvalue weighted by molar-refractivity contribution is 7.88. The normalized spacial score (nSPS) is 17.1. The molecule has 0 spiro atoms. The van der Waals surface area contributed by atoms with Gasteiger partial charge in [-0.05, 0) is 37.7 Å². The molecule has 0 aliphatic carbocycles. The molecule has 0 saturated carbocycles. The Morgan fingerprint density at radius 3 is 2.39 bits per heavy atom. The monoisotopic (exact) mass is 338 g/mol. The standard InChI is InChI=1S/C17H26N2O3S/c1-14-3-5-15(6-4-14)7-8-17(20)18-13-16-9-11-19(12-10-16)23(2,21)22/h3-6,16H,7-13H2,1-2H3,(H,18,20). The molecule has 0 atom stereocenters. The molecule has 0 radical (unpaired) electrons. The van der Waals surface area contributed by atoms with Crippen LogP contribution in [0.15, 0.2) is 24.3 Å². The van der Waals surface area contributed by atoms with Crippen molar-refractivity contribution in [2.45, 2.75) is 32.6 Å². The number of hydrogen-bond donors (Lipinski definition) is 1. The average Bonchev–Trinajstić information content (AvgIpc) is 2.52. The summed E-state index contributed by atoms with van der Waals surface area (Å²) in [4.78, 5) is 11.9. The van der Waals surface area contributed by atoms with Crippen molar-refractivity contribution in [2.24, 2.45) is 5.92 Å². The molecule has 1 amide bonds. The van der Waals surface area contributed by atoms with E-state index in [2.05, 4.69) is 29.6 Å². The van der Waals surface area contributed by atoms with Crippen LogP contribution in [-0.2, 0) is 21.2 Å². The highest BCUT2D eigenvalue weighted by atomic mass is 32.2. The van der Waals surface area contributed by atoms with Crippen molar-refractivity contribution in [3.05, 3.63) is 35.4 Å². The van der Waals surface area contributed by atoms with Crippen LogP contribution in [0, 0.1) is 12.8 Å². The van der Waals surface area contributed by atoms with Gasteiger partial charge in [0.05, 0.1) is 6.26 Å². The van der Waals surface area contributed by atoms with Gasteiger partial charge in [-0.25, -0.2) is 12.7 Å². The van der Waals surface area contributed by atoms with Crippen LogP contribution < -0.4 is 5.32 Å². The smallest absolute Gasteiger partial charge is 0.220 e. The molecule has 1 aromatic carbocycles. The minimum Gasteiger partial charge on any atom is -0.356 e. The highest BCUT2D eigenvalue weighted by Crippen LogP contribution is 2.18. The zero-order valence-corrected chi connectivity index (χ0v) is 14.7. The molecule has 0 unspecified atom stereocenters. The predicted octanol–water partition coefficient (Wildman–Crippen LogP) is 1.72. The summed E-state index contributed by atoms with van der Waals surface area (Å²) in [5.41, 5.74) is 2.39. The van der Waals surface area contributed by atoms with Crippen molar-refractivity contribution < 1.29 is 13.2 Å². The van der Waals surface area contributed by atoms with Crippen LogP contribution in [0.5, 0.6) is 0 Å². The van der Waals surface area contributed by atoms with Crippen LogP contribution in [0.4, 0.5) is 0 Å². The van der Waals surface area contributed by atoms with Crippen molar-refractivity contribution >= 4 is 15.9 Å². The number of aryl methyl sites for hydroxylation is 2. The molecule has 1 heterocycles. The van der Waals surface area contributed by atoms with E-state index in [4.69, 9.17) is 0 Å². The van der Waals surface area contributed by atoms with Crippen LogP contribution >= 0.6 is 0 Å². The van der Waals surface area contributed by atoms with Gasteiger partial charge in [0, 0.05) is 26.1 Å². The Morgan fingerprint density at radius 1 is 1.22 bits per heavy atom. The lowest BCUT2D eigenvalue weighted by molar-refractivity contribution is -0.121. The molecule has 0 aromatic heterocycles. The topological polar surface area (TPSA) is 66.5 Å². The lowest BCUT2D eigenvalue weighted by Crippen LogP contribution is -2.41. The van der Waals surface area contributed by atoms with E-state index in [1.54, 1.807) is 0 Å². The molecule has 1 N–H and O–H groups in total. The minimum absolute atomic E-state index is 0.0658. The Labute approximate surface area is 139 Å². The third-order valence-electron chi connectivity index (χ3n) is 4.39. The van der Waals surface area contributed by atoms with Crippen molar-refractivity contribution in [3.63, 3.8) is 0 Å². The first-order chi connectivity index (χ1) is 10.8. The highest BCUT2D eigenvalue weighted by Gasteiger charge is 2.24. The van der Waals surface area contributed by atoms with E-state index in [0.29, 0.717) is 32.0 Å². The van der Waals surface area contributed by atoms with Gasteiger partial charge in [-0.15, -0.1) is 0 Å². The number of carbonyl (C=O) groups excluding carboxylic acids is 1. The quantitative estimate of drug-likeness (QED) is 0.859. The van der Waals surface area contributed by atoms with Gasteiger partial charge < -0.3 is 5.32 Å². The second-order valence-corrected chi connectivity index (χ2v) is 8.38. The van der Waals surface area contributed by atoms with Gasteiger partial charge in [0.15, 0.2) is 0 Å². The molecule has 1 saturated heterocycles. The molecule has 6 heteroatoms. The number of nitrogens with one attached hydrogen (secondary N) is 1. The molecule has 2 rings (SSSR count). The summed E-state index contributed by atoms with van der Waals surface area (Å²) >= 11 is 0. The number of nitrogens with zero attached hydrogens (tertiary/aromatic N) is 1. The maximum atomic E-state index is 11.9. The van der Waals surface area contributed by atoms with Gasteiger partial charge in [-0.2, -0.15) is 0 Å². The third kappa shape index (κ3) is 5.95. The fourth-order valence-corrected chi connectivity index (χ4v) is 3.68. The van der Waals surface area contributed by atoms with E-state index in [9.17, 15) is 13.2 Å². The Kier molecular flexibility index (Phi) is 6.18. The summed E-state index contributed by atoms with van der Waals surface area (Å²) in [6, 6.07) is 8.23. The average molecular weight is 338 g/mol. The Morgan fingerprint density at radius 2 is 1.83 bits per heavy atom. The number of sulfonamides is 1. The number of amides is 1. The summed E-state index contributed by atoms with van der Waals surface area (Å²) < 4.78 is 24.4. The fraction of sp³-hybridized carbons (Fsp3) is 0.588. The number of rotatable bonds is 6. The van der Waals surface area contributed by atoms with Gasteiger partial charge in [-0.3, -0.25) is 4.79 Å². The molecular formula is C17H26N2O3S. The van der Waals surface area contributed by atoms with E-state index in [1.165, 1.54) is 21.7 Å². The molecule has 128 valence electrons. The van der Waals surface area contributed by atoms with Crippen molar-refractivity contribution in [3.8, 4) is 0 Å². The van der Waals surface area contributed by atoms with E-state index >= 15 is 0 Å². The van der Waals surface area contributed by atoms with Crippen LogP contribution in [0.2, 0.25) is 0 Å².